The average molecular weight is 304 g/mol. The number of benzene rings is 2. The van der Waals surface area contributed by atoms with Gasteiger partial charge in [-0.1, -0.05) is 24.3 Å². The minimum Gasteiger partial charge on any atom is -0.506 e. The highest BCUT2D eigenvalue weighted by molar-refractivity contribution is 6.39. The van der Waals surface area contributed by atoms with Crippen molar-refractivity contribution < 1.29 is 14.6 Å². The second-order valence-electron chi connectivity index (χ2n) is 4.87. The maximum Gasteiger partial charge on any atom is 0.200 e. The van der Waals surface area contributed by atoms with E-state index in [1.807, 2.05) is 6.07 Å². The highest BCUT2D eigenvalue weighted by Gasteiger charge is 2.32. The van der Waals surface area contributed by atoms with E-state index < -0.39 is 5.78 Å². The normalized spacial score (nSPS) is 13.7. The van der Waals surface area contributed by atoms with E-state index in [1.54, 1.807) is 55.6 Å². The maximum absolute atomic E-state index is 12.4. The lowest BCUT2D eigenvalue weighted by atomic mass is 10.1. The molecule has 5 nitrogen and oxygen atoms in total. The van der Waals surface area contributed by atoms with E-state index in [9.17, 15) is 15.2 Å². The lowest BCUT2D eigenvalue weighted by molar-refractivity contribution is 0.104. The average Bonchev–Trinajstić information content (AvgIpc) is 2.85. The Morgan fingerprint density at radius 1 is 1.13 bits per heavy atom. The van der Waals surface area contributed by atoms with Crippen LogP contribution in [0.3, 0.4) is 0 Å². The number of hydrogen-bond acceptors (Lipinski definition) is 5. The number of nitrogens with zero attached hydrogens (tertiary/aromatic N) is 2. The van der Waals surface area contributed by atoms with Gasteiger partial charge in [-0.3, -0.25) is 4.79 Å². The molecule has 0 aliphatic heterocycles. The minimum atomic E-state index is -0.396. The molecule has 1 aliphatic rings. The van der Waals surface area contributed by atoms with Gasteiger partial charge in [-0.2, -0.15) is 5.26 Å². The molecule has 112 valence electrons. The van der Waals surface area contributed by atoms with Crippen LogP contribution in [0, 0.1) is 11.3 Å². The Labute approximate surface area is 132 Å². The van der Waals surface area contributed by atoms with Crippen LogP contribution < -0.4 is 4.74 Å². The number of ketones is 1. The van der Waals surface area contributed by atoms with Gasteiger partial charge in [-0.25, -0.2) is 4.99 Å². The molecule has 0 atom stereocenters. The zero-order valence-electron chi connectivity index (χ0n) is 12.3. The molecule has 3 rings (SSSR count). The molecule has 0 amide bonds. The number of aliphatic hydroxyl groups is 1. The van der Waals surface area contributed by atoms with Crippen molar-refractivity contribution in [2.45, 2.75) is 0 Å². The van der Waals surface area contributed by atoms with Gasteiger partial charge in [0.1, 0.15) is 23.2 Å². The van der Waals surface area contributed by atoms with Crippen molar-refractivity contribution in [1.82, 2.24) is 0 Å². The van der Waals surface area contributed by atoms with Crippen molar-refractivity contribution in [2.24, 2.45) is 4.99 Å². The molecule has 0 heterocycles. The van der Waals surface area contributed by atoms with Gasteiger partial charge in [0.05, 0.1) is 12.8 Å². The topological polar surface area (TPSA) is 82.7 Å². The summed E-state index contributed by atoms with van der Waals surface area (Å²) in [5, 5.41) is 19.6. The number of ether oxygens (including phenoxy) is 1. The molecule has 2 aromatic rings. The van der Waals surface area contributed by atoms with Gasteiger partial charge >= 0.3 is 0 Å². The Hall–Kier alpha value is -3.39. The van der Waals surface area contributed by atoms with Gasteiger partial charge in [0.2, 0.25) is 0 Å². The number of allylic oxidation sites excluding steroid dienone is 1. The first-order chi connectivity index (χ1) is 11.2. The molecule has 0 radical (unpaired) electrons. The third kappa shape index (κ3) is 2.47. The zero-order valence-corrected chi connectivity index (χ0v) is 12.3. The molecule has 23 heavy (non-hydrogen) atoms. The van der Waals surface area contributed by atoms with Crippen LogP contribution in [-0.2, 0) is 0 Å². The molecule has 0 unspecified atom stereocenters. The van der Waals surface area contributed by atoms with Gasteiger partial charge in [0.15, 0.2) is 11.5 Å². The molecule has 0 spiro atoms. The Morgan fingerprint density at radius 3 is 2.35 bits per heavy atom. The molecule has 0 saturated heterocycles. The fourth-order valence-corrected chi connectivity index (χ4v) is 2.41. The summed E-state index contributed by atoms with van der Waals surface area (Å²) in [6, 6.07) is 15.3. The summed E-state index contributed by atoms with van der Waals surface area (Å²) < 4.78 is 5.06. The molecule has 1 N–H and O–H groups in total. The van der Waals surface area contributed by atoms with E-state index in [2.05, 4.69) is 4.99 Å². The number of carbonyl (C=O) groups is 1. The highest BCUT2D eigenvalue weighted by atomic mass is 16.5. The van der Waals surface area contributed by atoms with E-state index >= 15 is 0 Å². The van der Waals surface area contributed by atoms with Crippen LogP contribution in [0.4, 0.5) is 5.69 Å². The first-order valence-corrected chi connectivity index (χ1v) is 6.86. The summed E-state index contributed by atoms with van der Waals surface area (Å²) in [5.41, 5.74) is 1.10. The van der Waals surface area contributed by atoms with Crippen LogP contribution in [-0.4, -0.2) is 23.7 Å². The molecule has 0 bridgehead atoms. The summed E-state index contributed by atoms with van der Waals surface area (Å²) in [7, 11) is 1.55. The van der Waals surface area contributed by atoms with E-state index in [-0.39, 0.29) is 17.0 Å². The number of aliphatic imine (C=N–C) groups is 1. The van der Waals surface area contributed by atoms with Gasteiger partial charge < -0.3 is 9.84 Å². The van der Waals surface area contributed by atoms with Gasteiger partial charge in [0.25, 0.3) is 0 Å². The molecule has 2 aromatic carbocycles. The Kier molecular flexibility index (Phi) is 3.65. The van der Waals surface area contributed by atoms with Crippen LogP contribution >= 0.6 is 0 Å². The van der Waals surface area contributed by atoms with Crippen LogP contribution in [0.25, 0.3) is 5.76 Å². The SMILES string of the molecule is COc1ccc(N=C(C#N)C2=C(O)c3ccccc3C2=O)cc1. The standard InChI is InChI=1S/C18H12N2O3/c1-23-12-8-6-11(7-9-12)20-15(10-19)16-17(21)13-4-2-3-5-14(13)18(16)22/h2-9,21H,1H3. The number of aliphatic hydroxyl groups excluding tert-OH is 1. The Bertz CT molecular complexity index is 887. The summed E-state index contributed by atoms with van der Waals surface area (Å²) >= 11 is 0. The van der Waals surface area contributed by atoms with Crippen LogP contribution in [0.15, 0.2) is 59.1 Å². The molecule has 0 fully saturated rings. The highest BCUT2D eigenvalue weighted by Crippen LogP contribution is 2.32. The van der Waals surface area contributed by atoms with E-state index in [1.165, 1.54) is 0 Å². The number of fused-ring (bicyclic) bond motifs is 1. The van der Waals surface area contributed by atoms with Crippen molar-refractivity contribution >= 4 is 22.9 Å². The summed E-state index contributed by atoms with van der Waals surface area (Å²) in [5.74, 6) is 0.0557. The first kappa shape index (κ1) is 14.5. The molecular formula is C18H12N2O3. The number of hydrogen-bond donors (Lipinski definition) is 1. The summed E-state index contributed by atoms with van der Waals surface area (Å²) in [6.07, 6.45) is 0. The Morgan fingerprint density at radius 2 is 1.78 bits per heavy atom. The predicted octanol–water partition coefficient (Wildman–Crippen LogP) is 3.46. The van der Waals surface area contributed by atoms with Crippen molar-refractivity contribution in [2.75, 3.05) is 7.11 Å². The summed E-state index contributed by atoms with van der Waals surface area (Å²) in [6.45, 7) is 0. The molecule has 0 saturated carbocycles. The molecule has 0 aromatic heterocycles. The second-order valence-corrected chi connectivity index (χ2v) is 4.87. The van der Waals surface area contributed by atoms with Crippen molar-refractivity contribution in [3.63, 3.8) is 0 Å². The van der Waals surface area contributed by atoms with E-state index in [4.69, 9.17) is 4.74 Å². The van der Waals surface area contributed by atoms with Crippen LogP contribution in [0.5, 0.6) is 5.75 Å². The van der Waals surface area contributed by atoms with Gasteiger partial charge in [-0.15, -0.1) is 0 Å². The van der Waals surface area contributed by atoms with Crippen LogP contribution in [0.1, 0.15) is 15.9 Å². The van der Waals surface area contributed by atoms with Crippen molar-refractivity contribution in [1.29, 1.82) is 5.26 Å². The molecular weight excluding hydrogens is 292 g/mol. The molecule has 1 aliphatic carbocycles. The fraction of sp³-hybridized carbons (Fsp3) is 0.0556. The predicted molar refractivity (Wildman–Crippen MR) is 86.0 cm³/mol. The van der Waals surface area contributed by atoms with Crippen molar-refractivity contribution in [3.8, 4) is 11.8 Å². The maximum atomic E-state index is 12.4. The quantitative estimate of drug-likeness (QED) is 0.880. The first-order valence-electron chi connectivity index (χ1n) is 6.86. The van der Waals surface area contributed by atoms with Crippen molar-refractivity contribution in [3.05, 3.63) is 65.2 Å². The third-order valence-electron chi connectivity index (χ3n) is 3.55. The summed E-state index contributed by atoms with van der Waals surface area (Å²) in [4.78, 5) is 16.6. The fourth-order valence-electron chi connectivity index (χ4n) is 2.41. The number of nitriles is 1. The molecule has 5 heteroatoms. The van der Waals surface area contributed by atoms with Crippen LogP contribution in [0.2, 0.25) is 0 Å². The number of Topliss-reactive ketones (excluding diaryl/α,β-unsaturated/α-hetero) is 1. The smallest absolute Gasteiger partial charge is 0.200 e. The zero-order chi connectivity index (χ0) is 16.4. The van der Waals surface area contributed by atoms with E-state index in [0.717, 1.165) is 0 Å². The monoisotopic (exact) mass is 304 g/mol. The number of carbonyl (C=O) groups excluding carboxylic acids is 1. The number of rotatable bonds is 3. The Balaban J connectivity index is 2.05. The second kappa shape index (κ2) is 5.78. The lowest BCUT2D eigenvalue weighted by Gasteiger charge is -2.01. The minimum absolute atomic E-state index is 0.0653. The third-order valence-corrected chi connectivity index (χ3v) is 3.55. The lowest BCUT2D eigenvalue weighted by Crippen LogP contribution is -2.08. The number of methoxy groups -OCH3 is 1. The van der Waals surface area contributed by atoms with E-state index in [0.29, 0.717) is 22.6 Å². The largest absolute Gasteiger partial charge is 0.506 e. The van der Waals surface area contributed by atoms with Gasteiger partial charge in [-0.05, 0) is 24.3 Å². The van der Waals surface area contributed by atoms with Gasteiger partial charge in [0, 0.05) is 11.1 Å².